The third-order valence-corrected chi connectivity index (χ3v) is 4.94. The zero-order valence-electron chi connectivity index (χ0n) is 16.7. The van der Waals surface area contributed by atoms with Crippen LogP contribution < -0.4 is 16.4 Å². The second-order valence-corrected chi connectivity index (χ2v) is 6.97. The van der Waals surface area contributed by atoms with E-state index in [-0.39, 0.29) is 19.4 Å². The molecule has 10 heteroatoms. The van der Waals surface area contributed by atoms with Gasteiger partial charge in [0.2, 0.25) is 5.92 Å². The molecule has 4 aromatic heterocycles. The van der Waals surface area contributed by atoms with Crippen LogP contribution in [0.3, 0.4) is 0 Å². The molecule has 4 heterocycles. The van der Waals surface area contributed by atoms with E-state index in [4.69, 9.17) is 5.73 Å². The maximum absolute atomic E-state index is 13.4. The summed E-state index contributed by atoms with van der Waals surface area (Å²) in [6.07, 6.45) is 4.68. The van der Waals surface area contributed by atoms with E-state index >= 15 is 0 Å². The Morgan fingerprint density at radius 1 is 1.17 bits per heavy atom. The highest BCUT2D eigenvalue weighted by atomic mass is 19.3. The molecule has 0 unspecified atom stereocenters. The maximum atomic E-state index is 13.4. The molecule has 4 N–H and O–H groups in total. The summed E-state index contributed by atoms with van der Waals surface area (Å²) in [6.45, 7) is 1.65. The number of hydrogen-bond donors (Lipinski definition) is 3. The van der Waals surface area contributed by atoms with Gasteiger partial charge in [-0.3, -0.25) is 0 Å². The van der Waals surface area contributed by atoms with Crippen molar-refractivity contribution in [2.75, 3.05) is 30.0 Å². The minimum Gasteiger partial charge on any atom is -0.384 e. The molecule has 0 aliphatic heterocycles. The number of nitrogens with zero attached hydrogens (tertiary/aromatic N) is 5. The summed E-state index contributed by atoms with van der Waals surface area (Å²) in [5.74, 6) is -1.12. The van der Waals surface area contributed by atoms with Gasteiger partial charge in [-0.05, 0) is 18.2 Å². The monoisotopic (exact) mass is 412 g/mol. The van der Waals surface area contributed by atoms with E-state index in [0.717, 1.165) is 16.3 Å². The van der Waals surface area contributed by atoms with Crippen molar-refractivity contribution in [3.63, 3.8) is 0 Å². The summed E-state index contributed by atoms with van der Waals surface area (Å²) in [5, 5.41) is 12.2. The van der Waals surface area contributed by atoms with Gasteiger partial charge in [-0.1, -0.05) is 6.92 Å². The molecule has 0 atom stereocenters. The van der Waals surface area contributed by atoms with Crippen LogP contribution in [0, 0.1) is 0 Å². The van der Waals surface area contributed by atoms with Crippen molar-refractivity contribution in [3.8, 4) is 11.4 Å². The van der Waals surface area contributed by atoms with Crippen LogP contribution in [0.25, 0.3) is 27.8 Å². The molecule has 0 amide bonds. The molecule has 0 bridgehead atoms. The van der Waals surface area contributed by atoms with Crippen molar-refractivity contribution < 1.29 is 8.78 Å². The second kappa shape index (κ2) is 7.69. The van der Waals surface area contributed by atoms with Crippen LogP contribution in [0.1, 0.15) is 19.8 Å². The summed E-state index contributed by atoms with van der Waals surface area (Å²) in [4.78, 5) is 13.1. The molecule has 0 fully saturated rings. The number of pyridine rings is 3. The Kier molecular flexibility index (Phi) is 5.06. The van der Waals surface area contributed by atoms with Gasteiger partial charge < -0.3 is 16.4 Å². The van der Waals surface area contributed by atoms with Crippen LogP contribution in [0.5, 0.6) is 0 Å². The van der Waals surface area contributed by atoms with Crippen molar-refractivity contribution >= 4 is 33.7 Å². The molecule has 0 saturated heterocycles. The van der Waals surface area contributed by atoms with Crippen molar-refractivity contribution in [1.82, 2.24) is 24.6 Å². The summed E-state index contributed by atoms with van der Waals surface area (Å²) in [5.41, 5.74) is 7.92. The molecule has 0 aliphatic carbocycles. The van der Waals surface area contributed by atoms with Gasteiger partial charge in [0.15, 0.2) is 11.5 Å². The highest BCUT2D eigenvalue weighted by molar-refractivity contribution is 6.01. The summed E-state index contributed by atoms with van der Waals surface area (Å²) < 4.78 is 28.4. The summed E-state index contributed by atoms with van der Waals surface area (Å²) in [7, 11) is 1.78. The van der Waals surface area contributed by atoms with Gasteiger partial charge in [0.05, 0.1) is 11.9 Å². The molecule has 0 radical (unpaired) electrons. The van der Waals surface area contributed by atoms with Gasteiger partial charge in [-0.25, -0.2) is 28.2 Å². The van der Waals surface area contributed by atoms with E-state index in [1.165, 1.54) is 6.92 Å². The van der Waals surface area contributed by atoms with Crippen molar-refractivity contribution in [1.29, 1.82) is 0 Å². The predicted octanol–water partition coefficient (Wildman–Crippen LogP) is 3.81. The van der Waals surface area contributed by atoms with Gasteiger partial charge in [0, 0.05) is 55.2 Å². The Morgan fingerprint density at radius 2 is 2.00 bits per heavy atom. The lowest BCUT2D eigenvalue weighted by Gasteiger charge is -2.14. The highest BCUT2D eigenvalue weighted by Gasteiger charge is 2.25. The molecule has 0 spiro atoms. The van der Waals surface area contributed by atoms with Crippen LogP contribution in [0.15, 0.2) is 36.8 Å². The fourth-order valence-electron chi connectivity index (χ4n) is 3.20. The molecule has 156 valence electrons. The number of rotatable bonds is 7. The van der Waals surface area contributed by atoms with E-state index in [1.807, 2.05) is 0 Å². The topological polar surface area (TPSA) is 106 Å². The Balaban J connectivity index is 1.67. The van der Waals surface area contributed by atoms with Gasteiger partial charge in [0.1, 0.15) is 11.6 Å². The molecule has 0 aliphatic rings. The van der Waals surface area contributed by atoms with E-state index in [9.17, 15) is 8.78 Å². The quantitative estimate of drug-likeness (QED) is 0.424. The third kappa shape index (κ3) is 3.80. The predicted molar refractivity (Wildman–Crippen MR) is 114 cm³/mol. The standard InChI is InChI=1S/C20H22F2N8/c1-3-20(21,22)6-7-25-12-4-5-17-28-19(29-30(17)11-12)15-10-27-18(24-2)14-9-26-16(23)8-13(14)15/h4-5,8-11,25H,3,6-7H2,1-2H3,(H2,23,26)(H,24,27). The smallest absolute Gasteiger partial charge is 0.249 e. The highest BCUT2D eigenvalue weighted by Crippen LogP contribution is 2.31. The van der Waals surface area contributed by atoms with Gasteiger partial charge >= 0.3 is 0 Å². The SMILES string of the molecule is CCC(F)(F)CCNc1ccc2nc(-c3cnc(NC)c4cnc(N)cc34)nn2c1. The van der Waals surface area contributed by atoms with Crippen LogP contribution in [-0.4, -0.2) is 44.1 Å². The lowest BCUT2D eigenvalue weighted by atomic mass is 10.1. The average molecular weight is 412 g/mol. The first kappa shape index (κ1) is 19.7. The molecule has 4 aromatic rings. The lowest BCUT2D eigenvalue weighted by Crippen LogP contribution is -2.19. The number of nitrogens with one attached hydrogen (secondary N) is 2. The number of fused-ring (bicyclic) bond motifs is 2. The zero-order chi connectivity index (χ0) is 21.3. The van der Waals surface area contributed by atoms with E-state index in [2.05, 4.69) is 30.7 Å². The fraction of sp³-hybridized carbons (Fsp3) is 0.300. The number of hydrogen-bond acceptors (Lipinski definition) is 7. The fourth-order valence-corrected chi connectivity index (χ4v) is 3.20. The molecular weight excluding hydrogens is 390 g/mol. The molecule has 0 saturated carbocycles. The average Bonchev–Trinajstić information content (AvgIpc) is 3.15. The largest absolute Gasteiger partial charge is 0.384 e. The van der Waals surface area contributed by atoms with E-state index in [1.54, 1.807) is 48.4 Å². The van der Waals surface area contributed by atoms with Crippen molar-refractivity contribution in [2.24, 2.45) is 0 Å². The normalized spacial score (nSPS) is 11.9. The number of nitrogens with two attached hydrogens (primary N) is 1. The van der Waals surface area contributed by atoms with Crippen LogP contribution in [-0.2, 0) is 0 Å². The van der Waals surface area contributed by atoms with Gasteiger partial charge in [0.25, 0.3) is 0 Å². The summed E-state index contributed by atoms with van der Waals surface area (Å²) in [6, 6.07) is 5.34. The van der Waals surface area contributed by atoms with E-state index < -0.39 is 5.92 Å². The van der Waals surface area contributed by atoms with E-state index in [0.29, 0.717) is 28.8 Å². The third-order valence-electron chi connectivity index (χ3n) is 4.94. The first-order chi connectivity index (χ1) is 14.4. The maximum Gasteiger partial charge on any atom is 0.249 e. The molecule has 4 rings (SSSR count). The van der Waals surface area contributed by atoms with Crippen LogP contribution in [0.2, 0.25) is 0 Å². The number of aromatic nitrogens is 5. The molecule has 8 nitrogen and oxygen atoms in total. The number of alkyl halides is 2. The Morgan fingerprint density at radius 3 is 2.77 bits per heavy atom. The zero-order valence-corrected chi connectivity index (χ0v) is 16.7. The van der Waals surface area contributed by atoms with Crippen molar-refractivity contribution in [2.45, 2.75) is 25.7 Å². The lowest BCUT2D eigenvalue weighted by molar-refractivity contribution is -0.00780. The van der Waals surface area contributed by atoms with Crippen LogP contribution >= 0.6 is 0 Å². The Bertz CT molecular complexity index is 1200. The number of anilines is 3. The molecule has 30 heavy (non-hydrogen) atoms. The van der Waals surface area contributed by atoms with Crippen molar-refractivity contribution in [3.05, 3.63) is 36.8 Å². The Hall–Kier alpha value is -3.56. The second-order valence-electron chi connectivity index (χ2n) is 6.97. The first-order valence-corrected chi connectivity index (χ1v) is 9.60. The minimum absolute atomic E-state index is 0.167. The number of nitrogen functional groups attached to an aromatic ring is 1. The Labute approximate surface area is 171 Å². The van der Waals surface area contributed by atoms with Crippen LogP contribution in [0.4, 0.5) is 26.1 Å². The molecular formula is C20H22F2N8. The number of halogens is 2. The minimum atomic E-state index is -2.66. The van der Waals surface area contributed by atoms with Gasteiger partial charge in [-0.15, -0.1) is 5.10 Å². The molecule has 0 aromatic carbocycles. The first-order valence-electron chi connectivity index (χ1n) is 9.60. The summed E-state index contributed by atoms with van der Waals surface area (Å²) >= 11 is 0. The van der Waals surface area contributed by atoms with Gasteiger partial charge in [-0.2, -0.15) is 0 Å².